The molecule has 7 aromatic carbocycles. The summed E-state index contributed by atoms with van der Waals surface area (Å²) in [7, 11) is 0. The molecule has 0 fully saturated rings. The van der Waals surface area contributed by atoms with Gasteiger partial charge in [-0.3, -0.25) is 4.98 Å². The van der Waals surface area contributed by atoms with Gasteiger partial charge in [0.05, 0.1) is 0 Å². The van der Waals surface area contributed by atoms with Crippen LogP contribution in [0, 0.1) is 0 Å². The molecule has 0 atom stereocenters. The third-order valence-corrected chi connectivity index (χ3v) is 9.36. The van der Waals surface area contributed by atoms with E-state index in [1.54, 1.807) is 0 Å². The Morgan fingerprint density at radius 2 is 0.739 bits per heavy atom. The van der Waals surface area contributed by atoms with E-state index >= 15 is 0 Å². The van der Waals surface area contributed by atoms with Crippen molar-refractivity contribution in [3.63, 3.8) is 0 Å². The van der Waals surface area contributed by atoms with Gasteiger partial charge in [0.25, 0.3) is 0 Å². The number of nitrogens with zero attached hydrogens (tertiary/aromatic N) is 1. The number of hydrogen-bond donors (Lipinski definition) is 0. The quantitative estimate of drug-likeness (QED) is 0.196. The Morgan fingerprint density at radius 3 is 1.30 bits per heavy atom. The second kappa shape index (κ2) is 10.8. The molecule has 1 heteroatoms. The zero-order valence-electron chi connectivity index (χ0n) is 25.2. The van der Waals surface area contributed by atoms with Gasteiger partial charge in [-0.2, -0.15) is 0 Å². The minimum atomic E-state index is 1.13. The molecular formula is C45H29N. The highest BCUT2D eigenvalue weighted by molar-refractivity contribution is 6.23. The monoisotopic (exact) mass is 583 g/mol. The standard InChI is InChI=1S/C45H29N/c1-3-9-33(10-4-1)38-25-26-39(34-11-5-2-6-12-34)45-42-27-24-37(40-14-7-15-41(43(40)42)44(38)45)35-22-20-31(21-23-35)30-16-18-32(19-17-30)36-13-8-28-46-29-36/h1-29H. The molecule has 46 heavy (non-hydrogen) atoms. The van der Waals surface area contributed by atoms with Gasteiger partial charge in [-0.1, -0.05) is 158 Å². The Labute approximate surface area is 269 Å². The summed E-state index contributed by atoms with van der Waals surface area (Å²) in [5.41, 5.74) is 17.5. The maximum absolute atomic E-state index is 4.26. The van der Waals surface area contributed by atoms with Gasteiger partial charge in [-0.25, -0.2) is 0 Å². The molecule has 0 radical (unpaired) electrons. The van der Waals surface area contributed by atoms with Crippen molar-refractivity contribution in [3.8, 4) is 77.9 Å². The number of pyridine rings is 1. The first-order valence-electron chi connectivity index (χ1n) is 15.8. The zero-order chi connectivity index (χ0) is 30.5. The van der Waals surface area contributed by atoms with Crippen molar-refractivity contribution in [2.24, 2.45) is 0 Å². The average molecular weight is 584 g/mol. The molecule has 0 amide bonds. The topological polar surface area (TPSA) is 12.9 Å². The van der Waals surface area contributed by atoms with E-state index in [1.807, 2.05) is 18.5 Å². The van der Waals surface area contributed by atoms with E-state index in [4.69, 9.17) is 0 Å². The zero-order valence-corrected chi connectivity index (χ0v) is 25.2. The Balaban J connectivity index is 1.16. The van der Waals surface area contributed by atoms with Crippen LogP contribution in [-0.2, 0) is 0 Å². The summed E-state index contributed by atoms with van der Waals surface area (Å²) in [6.07, 6.45) is 3.72. The predicted molar refractivity (Wildman–Crippen MR) is 193 cm³/mol. The van der Waals surface area contributed by atoms with Crippen LogP contribution in [-0.4, -0.2) is 4.98 Å². The molecule has 214 valence electrons. The van der Waals surface area contributed by atoms with E-state index in [0.717, 1.165) is 5.56 Å². The highest BCUT2D eigenvalue weighted by atomic mass is 14.6. The van der Waals surface area contributed by atoms with Gasteiger partial charge < -0.3 is 0 Å². The first kappa shape index (κ1) is 26.4. The van der Waals surface area contributed by atoms with Crippen molar-refractivity contribution in [2.45, 2.75) is 0 Å². The normalized spacial score (nSPS) is 11.5. The predicted octanol–water partition coefficient (Wildman–Crippen LogP) is 12.2. The van der Waals surface area contributed by atoms with Gasteiger partial charge in [0, 0.05) is 12.4 Å². The first-order chi connectivity index (χ1) is 22.8. The van der Waals surface area contributed by atoms with Gasteiger partial charge >= 0.3 is 0 Å². The molecule has 1 heterocycles. The molecule has 0 saturated carbocycles. The number of benzene rings is 7. The third kappa shape index (κ3) is 4.29. The van der Waals surface area contributed by atoms with Crippen LogP contribution in [0.25, 0.3) is 88.7 Å². The van der Waals surface area contributed by atoms with Gasteiger partial charge in [0.1, 0.15) is 0 Å². The molecule has 1 aromatic heterocycles. The van der Waals surface area contributed by atoms with Crippen LogP contribution in [0.2, 0.25) is 0 Å². The lowest BCUT2D eigenvalue weighted by Gasteiger charge is -2.15. The number of rotatable bonds is 5. The van der Waals surface area contributed by atoms with E-state index in [0.29, 0.717) is 0 Å². The van der Waals surface area contributed by atoms with E-state index in [2.05, 4.69) is 163 Å². The maximum Gasteiger partial charge on any atom is 0.0346 e. The van der Waals surface area contributed by atoms with Crippen molar-refractivity contribution in [1.29, 1.82) is 0 Å². The molecule has 1 aliphatic rings. The molecular weight excluding hydrogens is 555 g/mol. The average Bonchev–Trinajstić information content (AvgIpc) is 3.48. The molecule has 9 rings (SSSR count). The molecule has 0 N–H and O–H groups in total. The Morgan fingerprint density at radius 1 is 0.283 bits per heavy atom. The summed E-state index contributed by atoms with van der Waals surface area (Å²) in [6.45, 7) is 0. The number of fused-ring (bicyclic) bond motifs is 3. The van der Waals surface area contributed by atoms with Crippen molar-refractivity contribution < 1.29 is 0 Å². The fourth-order valence-corrected chi connectivity index (χ4v) is 7.18. The van der Waals surface area contributed by atoms with Gasteiger partial charge in [0.15, 0.2) is 0 Å². The fourth-order valence-electron chi connectivity index (χ4n) is 7.18. The van der Waals surface area contributed by atoms with Crippen LogP contribution in [0.5, 0.6) is 0 Å². The SMILES string of the molecule is c1ccc(-c2ccc(-c3ccccc3)c3c2-c2cccc4c(-c5ccc(-c6ccc(-c7cccnc7)cc6)cc5)ccc-3c24)cc1. The summed E-state index contributed by atoms with van der Waals surface area (Å²) in [5, 5.41) is 2.63. The lowest BCUT2D eigenvalue weighted by molar-refractivity contribution is 1.33. The minimum absolute atomic E-state index is 1.13. The van der Waals surface area contributed by atoms with Crippen LogP contribution in [0.4, 0.5) is 0 Å². The van der Waals surface area contributed by atoms with E-state index in [9.17, 15) is 0 Å². The van der Waals surface area contributed by atoms with E-state index in [1.165, 1.54) is 83.1 Å². The van der Waals surface area contributed by atoms with Crippen LogP contribution in [0.3, 0.4) is 0 Å². The van der Waals surface area contributed by atoms with Crippen LogP contribution < -0.4 is 0 Å². The smallest absolute Gasteiger partial charge is 0.0346 e. The summed E-state index contributed by atoms with van der Waals surface area (Å²) in [4.78, 5) is 4.26. The summed E-state index contributed by atoms with van der Waals surface area (Å²) < 4.78 is 0. The van der Waals surface area contributed by atoms with Crippen LogP contribution in [0.15, 0.2) is 176 Å². The minimum Gasteiger partial charge on any atom is -0.264 e. The summed E-state index contributed by atoms with van der Waals surface area (Å²) in [6, 6.07) is 59.5. The number of aromatic nitrogens is 1. The second-order valence-electron chi connectivity index (χ2n) is 11.9. The molecule has 0 aliphatic heterocycles. The van der Waals surface area contributed by atoms with E-state index in [-0.39, 0.29) is 0 Å². The van der Waals surface area contributed by atoms with Gasteiger partial charge in [0.2, 0.25) is 0 Å². The van der Waals surface area contributed by atoms with Gasteiger partial charge in [-0.05, 0) is 94.7 Å². The lowest BCUT2D eigenvalue weighted by Crippen LogP contribution is -1.89. The fraction of sp³-hybridized carbons (Fsp3) is 0. The number of hydrogen-bond acceptors (Lipinski definition) is 1. The van der Waals surface area contributed by atoms with Gasteiger partial charge in [-0.15, -0.1) is 0 Å². The Kier molecular flexibility index (Phi) is 6.21. The van der Waals surface area contributed by atoms with Crippen molar-refractivity contribution in [3.05, 3.63) is 176 Å². The Bertz CT molecular complexity index is 2280. The highest BCUT2D eigenvalue weighted by Crippen LogP contribution is 2.55. The molecule has 1 nitrogen and oxygen atoms in total. The largest absolute Gasteiger partial charge is 0.264 e. The van der Waals surface area contributed by atoms with Crippen LogP contribution >= 0.6 is 0 Å². The first-order valence-corrected chi connectivity index (χ1v) is 15.8. The van der Waals surface area contributed by atoms with Crippen molar-refractivity contribution in [2.75, 3.05) is 0 Å². The Hall–Kier alpha value is -6.05. The molecule has 0 bridgehead atoms. The lowest BCUT2D eigenvalue weighted by atomic mass is 9.88. The molecule has 0 unspecified atom stereocenters. The molecule has 0 saturated heterocycles. The molecule has 8 aromatic rings. The maximum atomic E-state index is 4.26. The summed E-state index contributed by atoms with van der Waals surface area (Å²) in [5.74, 6) is 0. The summed E-state index contributed by atoms with van der Waals surface area (Å²) >= 11 is 0. The third-order valence-electron chi connectivity index (χ3n) is 9.36. The second-order valence-corrected chi connectivity index (χ2v) is 11.9. The van der Waals surface area contributed by atoms with Crippen molar-refractivity contribution in [1.82, 2.24) is 4.98 Å². The molecule has 0 spiro atoms. The van der Waals surface area contributed by atoms with Crippen LogP contribution in [0.1, 0.15) is 0 Å². The van der Waals surface area contributed by atoms with Crippen molar-refractivity contribution >= 4 is 10.8 Å². The highest BCUT2D eigenvalue weighted by Gasteiger charge is 2.28. The van der Waals surface area contributed by atoms with E-state index < -0.39 is 0 Å². The molecule has 1 aliphatic carbocycles.